The predicted molar refractivity (Wildman–Crippen MR) is 95.0 cm³/mol. The summed E-state index contributed by atoms with van der Waals surface area (Å²) in [5, 5.41) is 2.96. The van der Waals surface area contributed by atoms with Crippen molar-refractivity contribution in [3.63, 3.8) is 0 Å². The number of nitrogens with zero attached hydrogens (tertiary/aromatic N) is 1. The van der Waals surface area contributed by atoms with Gasteiger partial charge in [-0.1, -0.05) is 12.1 Å². The van der Waals surface area contributed by atoms with Crippen molar-refractivity contribution in [2.24, 2.45) is 11.8 Å². The fourth-order valence-corrected chi connectivity index (χ4v) is 3.38. The van der Waals surface area contributed by atoms with Gasteiger partial charge in [0.15, 0.2) is 0 Å². The van der Waals surface area contributed by atoms with E-state index in [0.29, 0.717) is 11.4 Å². The summed E-state index contributed by atoms with van der Waals surface area (Å²) in [5.74, 6) is 0.962. The molecule has 0 aromatic heterocycles. The molecule has 1 fully saturated rings. The Hall–Kier alpha value is -2.04. The van der Waals surface area contributed by atoms with E-state index in [1.54, 1.807) is 7.11 Å². The number of hydrogen-bond acceptors (Lipinski definition) is 3. The molecule has 0 aliphatic heterocycles. The maximum absolute atomic E-state index is 12.5. The second kappa shape index (κ2) is 8.71. The van der Waals surface area contributed by atoms with E-state index >= 15 is 0 Å². The zero-order chi connectivity index (χ0) is 17.5. The van der Waals surface area contributed by atoms with Crippen molar-refractivity contribution in [3.8, 4) is 5.75 Å². The minimum absolute atomic E-state index is 0.0215. The molecular formula is C19H28N2O3. The van der Waals surface area contributed by atoms with Crippen molar-refractivity contribution in [2.75, 3.05) is 25.5 Å². The van der Waals surface area contributed by atoms with E-state index in [2.05, 4.69) is 5.32 Å². The van der Waals surface area contributed by atoms with Crippen LogP contribution in [0.15, 0.2) is 24.3 Å². The monoisotopic (exact) mass is 332 g/mol. The molecule has 0 spiro atoms. The Morgan fingerprint density at radius 1 is 1.08 bits per heavy atom. The number of benzene rings is 1. The second-order valence-corrected chi connectivity index (χ2v) is 6.25. The average molecular weight is 332 g/mol. The molecule has 132 valence electrons. The van der Waals surface area contributed by atoms with Crippen LogP contribution in [0.2, 0.25) is 0 Å². The highest BCUT2D eigenvalue weighted by molar-refractivity contribution is 5.94. The molecule has 2 amide bonds. The first-order chi connectivity index (χ1) is 11.6. The van der Waals surface area contributed by atoms with Gasteiger partial charge in [0.25, 0.3) is 0 Å². The van der Waals surface area contributed by atoms with Crippen LogP contribution in [0.25, 0.3) is 0 Å². The van der Waals surface area contributed by atoms with Gasteiger partial charge in [-0.25, -0.2) is 0 Å². The quantitative estimate of drug-likeness (QED) is 0.869. The van der Waals surface area contributed by atoms with Gasteiger partial charge in [-0.15, -0.1) is 0 Å². The first-order valence-electron chi connectivity index (χ1n) is 8.83. The molecular weight excluding hydrogens is 304 g/mol. The van der Waals surface area contributed by atoms with Crippen LogP contribution in [0.1, 0.15) is 39.5 Å². The third-order valence-electron chi connectivity index (χ3n) is 4.89. The molecule has 5 nitrogen and oxygen atoms in total. The number of carbonyl (C=O) groups is 2. The van der Waals surface area contributed by atoms with Crippen molar-refractivity contribution in [2.45, 2.75) is 39.5 Å². The van der Waals surface area contributed by atoms with Crippen LogP contribution in [0.3, 0.4) is 0 Å². The Kier molecular flexibility index (Phi) is 6.64. The number of hydrogen-bond donors (Lipinski definition) is 1. The highest BCUT2D eigenvalue weighted by Crippen LogP contribution is 2.32. The number of nitrogens with one attached hydrogen (secondary N) is 1. The van der Waals surface area contributed by atoms with E-state index < -0.39 is 0 Å². The Labute approximate surface area is 144 Å². The van der Waals surface area contributed by atoms with Gasteiger partial charge in [0.05, 0.1) is 12.8 Å². The standard InChI is InChI=1S/C19H28N2O3/c1-4-21(5-2)19(23)15-12-10-14(11-13-15)18(22)20-16-8-6-7-9-17(16)24-3/h6-9,14-15H,4-5,10-13H2,1-3H3,(H,20,22). The molecule has 0 saturated heterocycles. The lowest BCUT2D eigenvalue weighted by Crippen LogP contribution is -2.38. The molecule has 1 aliphatic rings. The first-order valence-corrected chi connectivity index (χ1v) is 8.83. The van der Waals surface area contributed by atoms with Crippen molar-refractivity contribution >= 4 is 17.5 Å². The Morgan fingerprint density at radius 2 is 1.67 bits per heavy atom. The molecule has 0 atom stereocenters. The highest BCUT2D eigenvalue weighted by Gasteiger charge is 2.31. The predicted octanol–water partition coefficient (Wildman–Crippen LogP) is 3.31. The third-order valence-corrected chi connectivity index (χ3v) is 4.89. The van der Waals surface area contributed by atoms with E-state index in [1.165, 1.54) is 0 Å². The Balaban J connectivity index is 1.90. The maximum atomic E-state index is 12.5. The van der Waals surface area contributed by atoms with Crippen LogP contribution < -0.4 is 10.1 Å². The highest BCUT2D eigenvalue weighted by atomic mass is 16.5. The number of rotatable bonds is 6. The van der Waals surface area contributed by atoms with E-state index in [9.17, 15) is 9.59 Å². The van der Waals surface area contributed by atoms with E-state index in [0.717, 1.165) is 38.8 Å². The van der Waals surface area contributed by atoms with Crippen LogP contribution >= 0.6 is 0 Å². The van der Waals surface area contributed by atoms with Gasteiger partial charge >= 0.3 is 0 Å². The van der Waals surface area contributed by atoms with Gasteiger partial charge in [-0.3, -0.25) is 9.59 Å². The molecule has 1 saturated carbocycles. The van der Waals surface area contributed by atoms with E-state index in [4.69, 9.17) is 4.74 Å². The van der Waals surface area contributed by atoms with E-state index in [1.807, 2.05) is 43.0 Å². The van der Waals surface area contributed by atoms with Gasteiger partial charge < -0.3 is 15.0 Å². The molecule has 5 heteroatoms. The molecule has 24 heavy (non-hydrogen) atoms. The zero-order valence-electron chi connectivity index (χ0n) is 14.9. The molecule has 1 aromatic rings. The number of methoxy groups -OCH3 is 1. The van der Waals surface area contributed by atoms with Gasteiger partial charge in [-0.2, -0.15) is 0 Å². The summed E-state index contributed by atoms with van der Waals surface area (Å²) in [7, 11) is 1.59. The number of ether oxygens (including phenoxy) is 1. The smallest absolute Gasteiger partial charge is 0.227 e. The SMILES string of the molecule is CCN(CC)C(=O)C1CCC(C(=O)Nc2ccccc2OC)CC1. The van der Waals surface area contributed by atoms with Gasteiger partial charge in [-0.05, 0) is 51.7 Å². The minimum atomic E-state index is -0.0318. The summed E-state index contributed by atoms with van der Waals surface area (Å²) < 4.78 is 5.27. The average Bonchev–Trinajstić information content (AvgIpc) is 2.63. The fourth-order valence-electron chi connectivity index (χ4n) is 3.38. The minimum Gasteiger partial charge on any atom is -0.495 e. The third kappa shape index (κ3) is 4.28. The van der Waals surface area contributed by atoms with Crippen molar-refractivity contribution < 1.29 is 14.3 Å². The molecule has 1 aromatic carbocycles. The summed E-state index contributed by atoms with van der Waals surface area (Å²) in [6, 6.07) is 7.41. The van der Waals surface area contributed by atoms with Gasteiger partial charge in [0, 0.05) is 24.9 Å². The summed E-state index contributed by atoms with van der Waals surface area (Å²) in [6.45, 7) is 5.52. The largest absolute Gasteiger partial charge is 0.495 e. The number of para-hydroxylation sites is 2. The molecule has 1 N–H and O–H groups in total. The van der Waals surface area contributed by atoms with Gasteiger partial charge in [0.1, 0.15) is 5.75 Å². The zero-order valence-corrected chi connectivity index (χ0v) is 14.9. The second-order valence-electron chi connectivity index (χ2n) is 6.25. The van der Waals surface area contributed by atoms with Crippen LogP contribution in [0.5, 0.6) is 5.75 Å². The van der Waals surface area contributed by atoms with Crippen LogP contribution in [0.4, 0.5) is 5.69 Å². The topological polar surface area (TPSA) is 58.6 Å². The molecule has 0 bridgehead atoms. The van der Waals surface area contributed by atoms with Crippen molar-refractivity contribution in [3.05, 3.63) is 24.3 Å². The Bertz CT molecular complexity index is 561. The number of anilines is 1. The molecule has 0 heterocycles. The number of amides is 2. The van der Waals surface area contributed by atoms with Crippen molar-refractivity contribution in [1.29, 1.82) is 0 Å². The summed E-state index contributed by atoms with van der Waals surface area (Å²) in [4.78, 5) is 26.8. The summed E-state index contributed by atoms with van der Waals surface area (Å²) in [5.41, 5.74) is 0.700. The molecule has 0 radical (unpaired) electrons. The maximum Gasteiger partial charge on any atom is 0.227 e. The van der Waals surface area contributed by atoms with Crippen molar-refractivity contribution in [1.82, 2.24) is 4.90 Å². The molecule has 1 aliphatic carbocycles. The lowest BCUT2D eigenvalue weighted by Gasteiger charge is -2.30. The summed E-state index contributed by atoms with van der Waals surface area (Å²) in [6.07, 6.45) is 3.11. The number of carbonyl (C=O) groups excluding carboxylic acids is 2. The summed E-state index contributed by atoms with van der Waals surface area (Å²) >= 11 is 0. The van der Waals surface area contributed by atoms with Crippen LogP contribution in [-0.2, 0) is 9.59 Å². The van der Waals surface area contributed by atoms with Crippen LogP contribution in [0, 0.1) is 11.8 Å². The Morgan fingerprint density at radius 3 is 2.25 bits per heavy atom. The molecule has 2 rings (SSSR count). The first kappa shape index (κ1) is 18.3. The lowest BCUT2D eigenvalue weighted by atomic mass is 9.81. The molecule has 0 unspecified atom stereocenters. The fraction of sp³-hybridized carbons (Fsp3) is 0.579. The normalized spacial score (nSPS) is 20.3. The van der Waals surface area contributed by atoms with Gasteiger partial charge in [0.2, 0.25) is 11.8 Å². The van der Waals surface area contributed by atoms with E-state index in [-0.39, 0.29) is 23.7 Å². The van der Waals surface area contributed by atoms with Crippen LogP contribution in [-0.4, -0.2) is 36.9 Å². The lowest BCUT2D eigenvalue weighted by molar-refractivity contribution is -0.137.